The quantitative estimate of drug-likeness (QED) is 0.313. The van der Waals surface area contributed by atoms with Gasteiger partial charge in [-0.25, -0.2) is 9.59 Å². The number of halogens is 2. The second-order valence-corrected chi connectivity index (χ2v) is 10.5. The van der Waals surface area contributed by atoms with E-state index in [4.69, 9.17) is 32.7 Å². The molecule has 198 valence electrons. The molecule has 9 nitrogen and oxygen atoms in total. The smallest absolute Gasteiger partial charge is 0.338 e. The highest BCUT2D eigenvalue weighted by Crippen LogP contribution is 2.59. The average molecular weight is 559 g/mol. The first-order valence-electron chi connectivity index (χ1n) is 12.2. The number of hydrogen-bond donors (Lipinski definition) is 1. The van der Waals surface area contributed by atoms with Crippen molar-refractivity contribution in [3.05, 3.63) is 59.7 Å². The molecule has 1 aliphatic heterocycles. The first-order valence-corrected chi connectivity index (χ1v) is 13.1. The fourth-order valence-electron chi connectivity index (χ4n) is 5.69. The average Bonchev–Trinajstić information content (AvgIpc) is 3.52. The van der Waals surface area contributed by atoms with Crippen molar-refractivity contribution in [2.24, 2.45) is 23.7 Å². The van der Waals surface area contributed by atoms with Crippen molar-refractivity contribution >= 4 is 64.2 Å². The lowest BCUT2D eigenvalue weighted by atomic mass is 9.80. The molecule has 2 aliphatic carbocycles. The Bertz CT molecular complexity index is 1280. The molecule has 0 radical (unpaired) electrons. The summed E-state index contributed by atoms with van der Waals surface area (Å²) in [5, 5.41) is 1.85. The predicted octanol–water partition coefficient (Wildman–Crippen LogP) is 3.63. The Morgan fingerprint density at radius 1 is 0.895 bits per heavy atom. The predicted molar refractivity (Wildman–Crippen MR) is 138 cm³/mol. The van der Waals surface area contributed by atoms with Crippen molar-refractivity contribution in [2.75, 3.05) is 23.4 Å². The second-order valence-electron chi connectivity index (χ2n) is 9.49. The number of rotatable bonds is 7. The van der Waals surface area contributed by atoms with E-state index in [2.05, 4.69) is 5.32 Å². The van der Waals surface area contributed by atoms with Gasteiger partial charge in [-0.1, -0.05) is 6.07 Å². The van der Waals surface area contributed by atoms with Gasteiger partial charge < -0.3 is 14.8 Å². The van der Waals surface area contributed by atoms with Crippen molar-refractivity contribution < 1.29 is 33.4 Å². The lowest BCUT2D eigenvalue weighted by Gasteiger charge is -2.28. The summed E-state index contributed by atoms with van der Waals surface area (Å²) in [6.07, 6.45) is 0.660. The molecule has 2 bridgehead atoms. The van der Waals surface area contributed by atoms with Gasteiger partial charge in [-0.05, 0) is 67.6 Å². The van der Waals surface area contributed by atoms with Crippen LogP contribution < -0.4 is 10.2 Å². The molecule has 5 rings (SSSR count). The van der Waals surface area contributed by atoms with Gasteiger partial charge in [-0.3, -0.25) is 19.3 Å². The number of alkyl halides is 2. The topological polar surface area (TPSA) is 119 Å². The van der Waals surface area contributed by atoms with E-state index < -0.39 is 36.3 Å². The van der Waals surface area contributed by atoms with Gasteiger partial charge >= 0.3 is 11.9 Å². The third-order valence-corrected chi connectivity index (χ3v) is 8.66. The molecular weight excluding hydrogens is 535 g/mol. The summed E-state index contributed by atoms with van der Waals surface area (Å²) in [5.74, 6) is -3.82. The molecule has 1 heterocycles. The molecule has 1 saturated heterocycles. The molecule has 0 aromatic heterocycles. The van der Waals surface area contributed by atoms with Crippen molar-refractivity contribution in [2.45, 2.75) is 24.1 Å². The zero-order chi connectivity index (χ0) is 27.1. The van der Waals surface area contributed by atoms with Gasteiger partial charge in [0.05, 0.1) is 46.0 Å². The minimum atomic E-state index is -0.791. The molecule has 38 heavy (non-hydrogen) atoms. The normalized spacial score (nSPS) is 27.3. The van der Waals surface area contributed by atoms with Crippen LogP contribution in [0.3, 0.4) is 0 Å². The Kier molecular flexibility index (Phi) is 7.15. The highest BCUT2D eigenvalue weighted by Gasteiger charge is 2.66. The van der Waals surface area contributed by atoms with E-state index in [-0.39, 0.29) is 52.3 Å². The second kappa shape index (κ2) is 10.4. The summed E-state index contributed by atoms with van der Waals surface area (Å²) in [6.45, 7) is 1.39. The van der Waals surface area contributed by atoms with E-state index >= 15 is 0 Å². The molecule has 0 spiro atoms. The minimum Gasteiger partial charge on any atom is -0.462 e. The standard InChI is InChI=1S/C27H24Cl2N2O7/c1-2-37-26(35)13-6-8-15(9-7-13)30-19(32)12-38-27(36)14-4-3-5-16(10-14)31-24(33)20-17-11-18(21(20)25(31)34)23(29)22(17)28/h3-10,17-18,20-23H,2,11-12H2,1H3,(H,30,32)/t17-,18-,20-,21-,22-,23+/m1/s1. The monoisotopic (exact) mass is 558 g/mol. The number of fused-ring (bicyclic) bond motifs is 5. The van der Waals surface area contributed by atoms with E-state index in [1.54, 1.807) is 13.0 Å². The molecular formula is C27H24Cl2N2O7. The number of carbonyl (C=O) groups excluding carboxylic acids is 5. The number of ether oxygens (including phenoxy) is 2. The molecule has 2 saturated carbocycles. The first kappa shape index (κ1) is 26.2. The molecule has 2 aromatic rings. The van der Waals surface area contributed by atoms with E-state index in [0.717, 1.165) is 4.90 Å². The van der Waals surface area contributed by atoms with Gasteiger partial charge in [0, 0.05) is 5.69 Å². The molecule has 11 heteroatoms. The van der Waals surface area contributed by atoms with Gasteiger partial charge in [-0.15, -0.1) is 23.2 Å². The zero-order valence-electron chi connectivity index (χ0n) is 20.3. The van der Waals surface area contributed by atoms with Crippen molar-refractivity contribution in [3.8, 4) is 0 Å². The Hall–Kier alpha value is -3.43. The summed E-state index contributed by atoms with van der Waals surface area (Å²) in [5.41, 5.74) is 1.09. The van der Waals surface area contributed by atoms with Crippen molar-refractivity contribution in [3.63, 3.8) is 0 Å². The molecule has 3 amide bonds. The zero-order valence-corrected chi connectivity index (χ0v) is 21.8. The molecule has 6 atom stereocenters. The van der Waals surface area contributed by atoms with Crippen LogP contribution in [0.2, 0.25) is 0 Å². The number of anilines is 2. The van der Waals surface area contributed by atoms with Crippen LogP contribution in [0.4, 0.5) is 11.4 Å². The largest absolute Gasteiger partial charge is 0.462 e. The van der Waals surface area contributed by atoms with Crippen LogP contribution in [-0.2, 0) is 23.9 Å². The van der Waals surface area contributed by atoms with Gasteiger partial charge in [0.2, 0.25) is 11.8 Å². The Balaban J connectivity index is 1.20. The maximum absolute atomic E-state index is 13.2. The van der Waals surface area contributed by atoms with Crippen LogP contribution in [-0.4, -0.2) is 53.6 Å². The Morgan fingerprint density at radius 3 is 2.11 bits per heavy atom. The lowest BCUT2D eigenvalue weighted by Crippen LogP contribution is -2.37. The van der Waals surface area contributed by atoms with Crippen LogP contribution in [0.15, 0.2) is 48.5 Å². The van der Waals surface area contributed by atoms with E-state index in [0.29, 0.717) is 17.7 Å². The van der Waals surface area contributed by atoms with Gasteiger partial charge in [-0.2, -0.15) is 0 Å². The van der Waals surface area contributed by atoms with Crippen molar-refractivity contribution in [1.29, 1.82) is 0 Å². The maximum atomic E-state index is 13.2. The first-order chi connectivity index (χ1) is 18.2. The van der Waals surface area contributed by atoms with E-state index in [1.807, 2.05) is 0 Å². The molecule has 0 unspecified atom stereocenters. The lowest BCUT2D eigenvalue weighted by molar-refractivity contribution is -0.123. The van der Waals surface area contributed by atoms with Crippen LogP contribution in [0, 0.1) is 23.7 Å². The molecule has 1 N–H and O–H groups in total. The Labute approximate surface area is 228 Å². The number of carbonyl (C=O) groups is 5. The Morgan fingerprint density at radius 2 is 1.50 bits per heavy atom. The fourth-order valence-corrected chi connectivity index (χ4v) is 6.58. The van der Waals surface area contributed by atoms with Crippen LogP contribution >= 0.6 is 23.2 Å². The number of amides is 3. The number of nitrogens with zero attached hydrogens (tertiary/aromatic N) is 1. The number of esters is 2. The number of benzene rings is 2. The van der Waals surface area contributed by atoms with Crippen LogP contribution in [0.1, 0.15) is 34.1 Å². The summed E-state index contributed by atoms with van der Waals surface area (Å²) in [4.78, 5) is 64.1. The molecule has 3 aliphatic rings. The summed E-state index contributed by atoms with van der Waals surface area (Å²) in [7, 11) is 0. The fraction of sp³-hybridized carbons (Fsp3) is 0.370. The summed E-state index contributed by atoms with van der Waals surface area (Å²) >= 11 is 12.8. The molecule has 3 fully saturated rings. The minimum absolute atomic E-state index is 0.0835. The number of imide groups is 1. The number of hydrogen-bond acceptors (Lipinski definition) is 7. The highest BCUT2D eigenvalue weighted by molar-refractivity contribution is 6.32. The SMILES string of the molecule is CCOC(=O)c1ccc(NC(=O)COC(=O)c2cccc(N3C(=O)[C@@H]4[C@H]5C[C@@H]([C@@H](Cl)[C@H]5Cl)[C@H]4C3=O)c2)cc1. The van der Waals surface area contributed by atoms with Gasteiger partial charge in [0.25, 0.3) is 5.91 Å². The van der Waals surface area contributed by atoms with E-state index in [1.165, 1.54) is 42.5 Å². The van der Waals surface area contributed by atoms with Crippen LogP contribution in [0.5, 0.6) is 0 Å². The summed E-state index contributed by atoms with van der Waals surface area (Å²) < 4.78 is 10.0. The van der Waals surface area contributed by atoms with Gasteiger partial charge in [0.1, 0.15) is 0 Å². The maximum Gasteiger partial charge on any atom is 0.338 e. The number of nitrogens with one attached hydrogen (secondary N) is 1. The third-order valence-electron chi connectivity index (χ3n) is 7.34. The van der Waals surface area contributed by atoms with Crippen LogP contribution in [0.25, 0.3) is 0 Å². The molecule has 2 aromatic carbocycles. The third kappa shape index (κ3) is 4.54. The highest BCUT2D eigenvalue weighted by atomic mass is 35.5. The summed E-state index contributed by atoms with van der Waals surface area (Å²) in [6, 6.07) is 12.0. The van der Waals surface area contributed by atoms with E-state index in [9.17, 15) is 24.0 Å². The van der Waals surface area contributed by atoms with Gasteiger partial charge in [0.15, 0.2) is 6.61 Å². The van der Waals surface area contributed by atoms with Crippen molar-refractivity contribution in [1.82, 2.24) is 0 Å².